The number of nitrogens with zero attached hydrogens (tertiary/aromatic N) is 1. The smallest absolute Gasteiger partial charge is 0.161 e. The van der Waals surface area contributed by atoms with Crippen LogP contribution in [0, 0.1) is 11.3 Å². The summed E-state index contributed by atoms with van der Waals surface area (Å²) in [5.41, 5.74) is -2.13. The van der Waals surface area contributed by atoms with Crippen molar-refractivity contribution in [3.05, 3.63) is 23.2 Å². The van der Waals surface area contributed by atoms with Crippen LogP contribution in [0.3, 0.4) is 0 Å². The average molecular weight is 347 g/mol. The number of aliphatic hydroxyl groups excluding tert-OH is 1. The summed E-state index contributed by atoms with van der Waals surface area (Å²) in [7, 11) is -1.68. The van der Waals surface area contributed by atoms with Gasteiger partial charge in [0.25, 0.3) is 0 Å². The van der Waals surface area contributed by atoms with E-state index < -0.39 is 56.3 Å². The predicted molar refractivity (Wildman–Crippen MR) is 95.7 cm³/mol. The molecule has 3 rings (SSSR count). The Morgan fingerprint density at radius 3 is 2.92 bits per heavy atom. The van der Waals surface area contributed by atoms with E-state index in [1.807, 2.05) is 0 Å². The van der Waals surface area contributed by atoms with Gasteiger partial charge in [-0.2, -0.15) is 0 Å². The second-order valence-electron chi connectivity index (χ2n) is 6.55. The van der Waals surface area contributed by atoms with E-state index in [1.165, 1.54) is 7.11 Å². The lowest BCUT2D eigenvalue weighted by atomic mass is 9.75. The van der Waals surface area contributed by atoms with Crippen molar-refractivity contribution in [1.82, 2.24) is 4.90 Å². The third kappa shape index (κ3) is 3.40. The minimum absolute atomic E-state index is 0.163. The molecule has 0 saturated carbocycles. The molecule has 0 aliphatic carbocycles. The van der Waals surface area contributed by atoms with Crippen LogP contribution in [0.15, 0.2) is 12.1 Å². The van der Waals surface area contributed by atoms with Crippen molar-refractivity contribution in [2.45, 2.75) is 52.0 Å². The van der Waals surface area contributed by atoms with Gasteiger partial charge >= 0.3 is 0 Å². The highest BCUT2D eigenvalue weighted by Gasteiger charge is 2.39. The number of hydrogen-bond acceptors (Lipinski definition) is 4. The molecule has 4 nitrogen and oxygen atoms in total. The molecule has 2 heterocycles. The van der Waals surface area contributed by atoms with Crippen LogP contribution in [-0.2, 0) is 6.42 Å². The first-order valence-electron chi connectivity index (χ1n) is 14.4. The quantitative estimate of drug-likeness (QED) is 0.910. The van der Waals surface area contributed by atoms with Crippen LogP contribution in [0.25, 0.3) is 0 Å². The van der Waals surface area contributed by atoms with Gasteiger partial charge in [-0.25, -0.2) is 0 Å². The zero-order chi connectivity index (χ0) is 28.5. The molecular formula is C20H31NO3. The van der Waals surface area contributed by atoms with Gasteiger partial charge in [-0.15, -0.1) is 0 Å². The van der Waals surface area contributed by atoms with Crippen LogP contribution in [0.4, 0.5) is 0 Å². The second kappa shape index (κ2) is 6.57. The summed E-state index contributed by atoms with van der Waals surface area (Å²) in [5, 5.41) is 11.1. The Bertz CT molecular complexity index is 1020. The van der Waals surface area contributed by atoms with Gasteiger partial charge in [0.1, 0.15) is 0 Å². The third-order valence-electron chi connectivity index (χ3n) is 4.61. The van der Waals surface area contributed by atoms with Crippen LogP contribution >= 0.6 is 0 Å². The summed E-state index contributed by atoms with van der Waals surface area (Å²) in [4.78, 5) is 1.73. The first kappa shape index (κ1) is 7.55. The van der Waals surface area contributed by atoms with Crippen LogP contribution in [0.1, 0.15) is 68.4 Å². The number of aliphatic hydroxyl groups is 1. The van der Waals surface area contributed by atoms with Crippen molar-refractivity contribution >= 4 is 0 Å². The SMILES string of the molecule is [2H]c1c2c(c([2H])c(OC)c1OC([2H])([2H])[2H])C1CC(O)C(C([2H])([2H])C(C)(C([2H])([2H])[2H])C([2H])([2H])[2H])CN1CC2. The molecule has 2 aliphatic rings. The van der Waals surface area contributed by atoms with Crippen molar-refractivity contribution in [2.24, 2.45) is 11.3 Å². The minimum Gasteiger partial charge on any atom is -0.493 e. The molecule has 1 N–H and O–H groups in total. The maximum atomic E-state index is 11.1. The van der Waals surface area contributed by atoms with Crippen molar-refractivity contribution in [3.8, 4) is 11.5 Å². The first-order valence-corrected chi connectivity index (χ1v) is 7.91. The van der Waals surface area contributed by atoms with E-state index in [-0.39, 0.29) is 43.8 Å². The highest BCUT2D eigenvalue weighted by atomic mass is 16.5. The van der Waals surface area contributed by atoms with Crippen LogP contribution < -0.4 is 9.47 Å². The molecule has 0 bridgehead atoms. The Hall–Kier alpha value is -1.26. The lowest BCUT2D eigenvalue weighted by Gasteiger charge is -2.47. The predicted octanol–water partition coefficient (Wildman–Crippen LogP) is 3.42. The van der Waals surface area contributed by atoms with Gasteiger partial charge in [0.2, 0.25) is 0 Å². The van der Waals surface area contributed by atoms with Gasteiger partial charge in [-0.3, -0.25) is 4.90 Å². The van der Waals surface area contributed by atoms with Crippen molar-refractivity contribution in [2.75, 3.05) is 27.2 Å². The molecule has 1 aromatic rings. The van der Waals surface area contributed by atoms with Gasteiger partial charge in [-0.1, -0.05) is 20.6 Å². The normalized spacial score (nSPS) is 37.5. The Labute approximate surface area is 164 Å². The molecule has 0 radical (unpaired) electrons. The lowest BCUT2D eigenvalue weighted by molar-refractivity contribution is -0.0259. The fourth-order valence-electron chi connectivity index (χ4n) is 3.57. The number of ether oxygens (including phenoxy) is 2. The van der Waals surface area contributed by atoms with Gasteiger partial charge < -0.3 is 14.6 Å². The Morgan fingerprint density at radius 2 is 2.21 bits per heavy atom. The first-order chi connectivity index (χ1) is 16.6. The summed E-state index contributed by atoms with van der Waals surface area (Å²) >= 11 is 0. The number of methoxy groups -OCH3 is 2. The fraction of sp³-hybridized carbons (Fsp3) is 0.700. The molecule has 1 aromatic carbocycles. The fourth-order valence-corrected chi connectivity index (χ4v) is 3.57. The second-order valence-corrected chi connectivity index (χ2v) is 6.55. The van der Waals surface area contributed by atoms with Crippen molar-refractivity contribution < 1.29 is 32.4 Å². The molecular weight excluding hydrogens is 302 g/mol. The molecule has 1 saturated heterocycles. The Kier molecular flexibility index (Phi) is 2.06. The maximum absolute atomic E-state index is 11.1. The topological polar surface area (TPSA) is 41.9 Å². The highest BCUT2D eigenvalue weighted by Crippen LogP contribution is 2.44. The van der Waals surface area contributed by atoms with E-state index in [0.717, 1.165) is 6.92 Å². The Balaban J connectivity index is 2.07. The zero-order valence-electron chi connectivity index (χ0n) is 26.8. The maximum Gasteiger partial charge on any atom is 0.161 e. The molecule has 1 fully saturated rings. The molecule has 3 atom stereocenters. The number of benzene rings is 1. The molecule has 2 aliphatic heterocycles. The van der Waals surface area contributed by atoms with E-state index in [2.05, 4.69) is 0 Å². The minimum atomic E-state index is -3.20. The number of rotatable bonds is 3. The molecule has 4 heteroatoms. The van der Waals surface area contributed by atoms with Crippen molar-refractivity contribution in [3.63, 3.8) is 0 Å². The third-order valence-corrected chi connectivity index (χ3v) is 4.61. The van der Waals surface area contributed by atoms with E-state index >= 15 is 0 Å². The zero-order valence-corrected chi connectivity index (χ0v) is 13.8. The van der Waals surface area contributed by atoms with E-state index in [1.54, 1.807) is 4.90 Å². The summed E-state index contributed by atoms with van der Waals surface area (Å²) < 4.78 is 114. The van der Waals surface area contributed by atoms with Crippen LogP contribution in [0.2, 0.25) is 0 Å². The lowest BCUT2D eigenvalue weighted by Crippen LogP contribution is -2.48. The molecule has 0 amide bonds. The monoisotopic (exact) mass is 346 g/mol. The highest BCUT2D eigenvalue weighted by molar-refractivity contribution is 5.49. The molecule has 24 heavy (non-hydrogen) atoms. The summed E-state index contributed by atoms with van der Waals surface area (Å²) in [6.07, 6.45) is -4.31. The number of hydrogen-bond donors (Lipinski definition) is 1. The molecule has 134 valence electrons. The van der Waals surface area contributed by atoms with Crippen LogP contribution in [0.5, 0.6) is 11.5 Å². The standard InChI is InChI=1S/C20H31NO3/c1-20(2,3)11-14-12-21-7-6-13-8-18(23-4)19(24-5)9-15(13)16(21)10-17(14)22/h8-9,14,16-17,22H,6-7,10-12H2,1-5H3/i1D3,2D3,4D3,8D,9D,11D2. The van der Waals surface area contributed by atoms with Crippen LogP contribution in [-0.4, -0.2) is 43.3 Å². The summed E-state index contributed by atoms with van der Waals surface area (Å²) in [5.74, 6) is -2.02. The van der Waals surface area contributed by atoms with Gasteiger partial charge in [-0.05, 0) is 53.8 Å². The number of fused-ring (bicyclic) bond motifs is 3. The average Bonchev–Trinajstić information content (AvgIpc) is 2.73. The van der Waals surface area contributed by atoms with Gasteiger partial charge in [0.05, 0.1) is 27.1 Å². The summed E-state index contributed by atoms with van der Waals surface area (Å²) in [6.45, 7) is -5.51. The molecule has 0 spiro atoms. The Morgan fingerprint density at radius 1 is 1.42 bits per heavy atom. The van der Waals surface area contributed by atoms with Gasteiger partial charge in [0, 0.05) is 30.1 Å². The largest absolute Gasteiger partial charge is 0.493 e. The van der Waals surface area contributed by atoms with E-state index in [4.69, 9.17) is 27.3 Å². The number of piperidine rings is 1. The van der Waals surface area contributed by atoms with E-state index in [9.17, 15) is 5.11 Å². The molecule has 0 aromatic heterocycles. The van der Waals surface area contributed by atoms with Gasteiger partial charge in [0.15, 0.2) is 11.5 Å². The van der Waals surface area contributed by atoms with Crippen molar-refractivity contribution in [1.29, 1.82) is 0 Å². The molecule has 3 unspecified atom stereocenters. The van der Waals surface area contributed by atoms with E-state index in [0.29, 0.717) is 11.1 Å². The summed E-state index contributed by atoms with van der Waals surface area (Å²) in [6, 6.07) is -1.18.